The Balaban J connectivity index is 2.83. The minimum Gasteiger partial charge on any atom is -0.477 e. The second kappa shape index (κ2) is 2.82. The van der Waals surface area contributed by atoms with Crippen molar-refractivity contribution in [3.05, 3.63) is 22.4 Å². The normalized spacial score (nSPS) is 26.3. The van der Waals surface area contributed by atoms with Crippen LogP contribution in [0.2, 0.25) is 0 Å². The van der Waals surface area contributed by atoms with E-state index in [1.165, 1.54) is 6.26 Å². The predicted octanol–water partition coefficient (Wildman–Crippen LogP) is 2.78. The Morgan fingerprint density at radius 2 is 2.11 bits per heavy atom. The smallest absolute Gasteiger partial charge is 0.208 e. The van der Waals surface area contributed by atoms with Gasteiger partial charge in [-0.15, -0.1) is 0 Å². The van der Waals surface area contributed by atoms with Gasteiger partial charge in [-0.25, -0.2) is 0 Å². The van der Waals surface area contributed by atoms with Gasteiger partial charge in [-0.1, -0.05) is 34.8 Å². The van der Waals surface area contributed by atoms with Gasteiger partial charge in [0.25, 0.3) is 0 Å². The van der Waals surface area contributed by atoms with Crippen molar-refractivity contribution in [3.8, 4) is 0 Å². The highest BCUT2D eigenvalue weighted by atomic mass is 35.5. The van der Waals surface area contributed by atoms with Crippen LogP contribution < -0.4 is 0 Å². The summed E-state index contributed by atoms with van der Waals surface area (Å²) in [5.41, 5.74) is -0.621. The minimum absolute atomic E-state index is 0.334. The molecule has 0 aliphatic carbocycles. The topological polar surface area (TPSA) is 9.23 Å². The second-order valence-corrected chi connectivity index (χ2v) is 2.66. The number of allylic oxidation sites excluding steroid dienone is 2. The molecule has 0 aromatic heterocycles. The van der Waals surface area contributed by atoms with E-state index in [2.05, 4.69) is 0 Å². The molecule has 0 saturated heterocycles. The zero-order valence-corrected chi connectivity index (χ0v) is 6.54. The van der Waals surface area contributed by atoms with E-state index in [0.29, 0.717) is 10.1 Å². The van der Waals surface area contributed by atoms with Crippen molar-refractivity contribution < 1.29 is 4.74 Å². The highest BCUT2D eigenvalue weighted by Crippen LogP contribution is 2.27. The molecule has 1 rings (SSSR count). The van der Waals surface area contributed by atoms with Crippen molar-refractivity contribution in [1.29, 1.82) is 0 Å². The first-order chi connectivity index (χ1) is 4.22. The highest BCUT2D eigenvalue weighted by Gasteiger charge is 2.14. The molecule has 1 aliphatic rings. The predicted molar refractivity (Wildman–Crippen MR) is 38.6 cm³/mol. The fraction of sp³-hybridized carbons (Fsp3) is 0.200. The quantitative estimate of drug-likeness (QED) is 0.527. The molecule has 0 spiro atoms. The third-order valence-corrected chi connectivity index (χ3v) is 2.10. The SMILES string of the molecule is ClC1=C(Cl)C(Cl)OC=C1. The zero-order chi connectivity index (χ0) is 6.85. The molecule has 4 heteroatoms. The first kappa shape index (κ1) is 7.26. The molecule has 0 fully saturated rings. The van der Waals surface area contributed by atoms with Crippen molar-refractivity contribution in [2.75, 3.05) is 0 Å². The Labute approximate surface area is 67.8 Å². The molecular weight excluding hydrogens is 182 g/mol. The molecule has 1 aliphatic heterocycles. The van der Waals surface area contributed by atoms with Gasteiger partial charge in [-0.2, -0.15) is 0 Å². The third kappa shape index (κ3) is 1.54. The van der Waals surface area contributed by atoms with Gasteiger partial charge in [0.05, 0.1) is 16.3 Å². The van der Waals surface area contributed by atoms with E-state index in [1.54, 1.807) is 6.08 Å². The van der Waals surface area contributed by atoms with Gasteiger partial charge in [0, 0.05) is 0 Å². The van der Waals surface area contributed by atoms with E-state index in [1.807, 2.05) is 0 Å². The van der Waals surface area contributed by atoms with Gasteiger partial charge >= 0.3 is 0 Å². The summed E-state index contributed by atoms with van der Waals surface area (Å²) in [6, 6.07) is 0. The summed E-state index contributed by atoms with van der Waals surface area (Å²) in [6.07, 6.45) is 2.95. The van der Waals surface area contributed by atoms with Crippen LogP contribution >= 0.6 is 34.8 Å². The molecule has 1 nitrogen and oxygen atoms in total. The van der Waals surface area contributed by atoms with Crippen molar-refractivity contribution in [1.82, 2.24) is 0 Å². The molecule has 0 amide bonds. The van der Waals surface area contributed by atoms with Crippen LogP contribution in [0, 0.1) is 0 Å². The number of ether oxygens (including phenoxy) is 1. The van der Waals surface area contributed by atoms with E-state index in [4.69, 9.17) is 39.5 Å². The first-order valence-corrected chi connectivity index (χ1v) is 3.42. The van der Waals surface area contributed by atoms with Crippen LogP contribution in [-0.4, -0.2) is 5.56 Å². The average Bonchev–Trinajstić information content (AvgIpc) is 1.83. The van der Waals surface area contributed by atoms with E-state index >= 15 is 0 Å². The largest absolute Gasteiger partial charge is 0.477 e. The molecule has 1 heterocycles. The number of rotatable bonds is 0. The first-order valence-electron chi connectivity index (χ1n) is 2.23. The van der Waals surface area contributed by atoms with Gasteiger partial charge in [-0.05, 0) is 6.08 Å². The lowest BCUT2D eigenvalue weighted by atomic mass is 10.4. The van der Waals surface area contributed by atoms with Crippen molar-refractivity contribution in [2.24, 2.45) is 0 Å². The van der Waals surface area contributed by atoms with Gasteiger partial charge in [0.2, 0.25) is 5.56 Å². The molecule has 0 radical (unpaired) electrons. The lowest BCUT2D eigenvalue weighted by Crippen LogP contribution is -2.04. The summed E-state index contributed by atoms with van der Waals surface area (Å²) in [6.45, 7) is 0. The molecule has 0 bridgehead atoms. The van der Waals surface area contributed by atoms with Crippen molar-refractivity contribution >= 4 is 34.8 Å². The fourth-order valence-corrected chi connectivity index (χ4v) is 0.914. The summed E-state index contributed by atoms with van der Waals surface area (Å²) < 4.78 is 4.77. The van der Waals surface area contributed by atoms with E-state index in [9.17, 15) is 0 Å². The van der Waals surface area contributed by atoms with Crippen LogP contribution in [0.15, 0.2) is 22.4 Å². The minimum atomic E-state index is -0.621. The summed E-state index contributed by atoms with van der Waals surface area (Å²) in [7, 11) is 0. The zero-order valence-electron chi connectivity index (χ0n) is 4.27. The number of hydrogen-bond acceptors (Lipinski definition) is 1. The molecule has 0 aromatic rings. The average molecular weight is 185 g/mol. The standard InChI is InChI=1S/C5H3Cl3O/c6-3-1-2-9-5(8)4(3)7/h1-2,5H. The highest BCUT2D eigenvalue weighted by molar-refractivity contribution is 6.44. The van der Waals surface area contributed by atoms with Gasteiger partial charge in [-0.3, -0.25) is 0 Å². The number of halogens is 3. The van der Waals surface area contributed by atoms with Crippen LogP contribution in [0.5, 0.6) is 0 Å². The molecule has 1 unspecified atom stereocenters. The summed E-state index contributed by atoms with van der Waals surface area (Å²) in [5.74, 6) is 0. The summed E-state index contributed by atoms with van der Waals surface area (Å²) >= 11 is 16.6. The van der Waals surface area contributed by atoms with Crippen LogP contribution in [0.25, 0.3) is 0 Å². The van der Waals surface area contributed by atoms with Crippen molar-refractivity contribution in [3.63, 3.8) is 0 Å². The lowest BCUT2D eigenvalue weighted by molar-refractivity contribution is 0.247. The van der Waals surface area contributed by atoms with E-state index in [-0.39, 0.29) is 0 Å². The Morgan fingerprint density at radius 1 is 1.44 bits per heavy atom. The molecule has 50 valence electrons. The Bertz CT molecular complexity index is 173. The maximum absolute atomic E-state index is 5.56. The molecule has 9 heavy (non-hydrogen) atoms. The lowest BCUT2D eigenvalue weighted by Gasteiger charge is -2.12. The summed E-state index contributed by atoms with van der Waals surface area (Å²) in [5, 5.41) is 0.767. The Morgan fingerprint density at radius 3 is 2.56 bits per heavy atom. The van der Waals surface area contributed by atoms with Gasteiger partial charge in [0.15, 0.2) is 0 Å². The molecule has 1 atom stereocenters. The molecule has 0 N–H and O–H groups in total. The maximum Gasteiger partial charge on any atom is 0.208 e. The molecule has 0 saturated carbocycles. The van der Waals surface area contributed by atoms with Crippen LogP contribution in [0.3, 0.4) is 0 Å². The van der Waals surface area contributed by atoms with Gasteiger partial charge < -0.3 is 4.74 Å². The number of alkyl halides is 1. The molecule has 0 aromatic carbocycles. The van der Waals surface area contributed by atoms with Gasteiger partial charge in [0.1, 0.15) is 0 Å². The summed E-state index contributed by atoms with van der Waals surface area (Å²) in [4.78, 5) is 0. The fourth-order valence-electron chi connectivity index (χ4n) is 0.416. The third-order valence-electron chi connectivity index (χ3n) is 0.840. The van der Waals surface area contributed by atoms with Crippen LogP contribution in [0.4, 0.5) is 0 Å². The monoisotopic (exact) mass is 184 g/mol. The van der Waals surface area contributed by atoms with Crippen LogP contribution in [-0.2, 0) is 4.74 Å². The maximum atomic E-state index is 5.56. The van der Waals surface area contributed by atoms with Crippen molar-refractivity contribution in [2.45, 2.75) is 5.56 Å². The number of hydrogen-bond donors (Lipinski definition) is 0. The van der Waals surface area contributed by atoms with Crippen LogP contribution in [0.1, 0.15) is 0 Å². The van der Waals surface area contributed by atoms with E-state index < -0.39 is 5.56 Å². The van der Waals surface area contributed by atoms with E-state index in [0.717, 1.165) is 0 Å². The Hall–Kier alpha value is 0.150. The second-order valence-electron chi connectivity index (χ2n) is 1.45. The Kier molecular flexibility index (Phi) is 2.28. The molecular formula is C5H3Cl3O.